The maximum Gasteiger partial charge on any atom is 0.197 e. The molecule has 0 bridgehead atoms. The molecule has 0 amide bonds. The van der Waals surface area contributed by atoms with E-state index < -0.39 is 11.5 Å². The van der Waals surface area contributed by atoms with Crippen molar-refractivity contribution in [3.8, 4) is 5.75 Å². The second-order valence-corrected chi connectivity index (χ2v) is 7.32. The molecule has 0 fully saturated rings. The van der Waals surface area contributed by atoms with E-state index in [9.17, 15) is 9.90 Å². The average molecular weight is 367 g/mol. The maximum atomic E-state index is 13.1. The van der Waals surface area contributed by atoms with E-state index >= 15 is 0 Å². The summed E-state index contributed by atoms with van der Waals surface area (Å²) in [6.45, 7) is 4.00. The molecule has 27 heavy (non-hydrogen) atoms. The normalized spacial score (nSPS) is 16.1. The fourth-order valence-corrected chi connectivity index (χ4v) is 3.63. The van der Waals surface area contributed by atoms with Crippen molar-refractivity contribution in [1.82, 2.24) is 4.98 Å². The van der Waals surface area contributed by atoms with Gasteiger partial charge in [0.2, 0.25) is 0 Å². The van der Waals surface area contributed by atoms with Crippen molar-refractivity contribution in [2.45, 2.75) is 31.8 Å². The lowest BCUT2D eigenvalue weighted by atomic mass is 9.72. The van der Waals surface area contributed by atoms with Crippen LogP contribution in [0.15, 0.2) is 41.1 Å². The highest BCUT2D eigenvalue weighted by Gasteiger charge is 2.41. The van der Waals surface area contributed by atoms with Crippen molar-refractivity contribution in [3.63, 3.8) is 0 Å². The van der Waals surface area contributed by atoms with E-state index in [2.05, 4.69) is 4.98 Å². The van der Waals surface area contributed by atoms with E-state index in [1.807, 2.05) is 19.9 Å². The van der Waals surface area contributed by atoms with E-state index in [0.717, 1.165) is 10.9 Å². The van der Waals surface area contributed by atoms with E-state index in [4.69, 9.17) is 14.3 Å². The summed E-state index contributed by atoms with van der Waals surface area (Å²) in [5, 5.41) is 19.4. The van der Waals surface area contributed by atoms with Gasteiger partial charge in [-0.1, -0.05) is 0 Å². The Morgan fingerprint density at radius 2 is 2.11 bits per heavy atom. The zero-order valence-corrected chi connectivity index (χ0v) is 15.2. The number of furan rings is 1. The number of aromatic nitrogens is 1. The number of ether oxygens (including phenoxy) is 1. The van der Waals surface area contributed by atoms with Crippen LogP contribution in [0, 0.1) is 0 Å². The van der Waals surface area contributed by atoms with Gasteiger partial charge in [0.25, 0.3) is 0 Å². The molecule has 0 aliphatic heterocycles. The van der Waals surface area contributed by atoms with Crippen molar-refractivity contribution in [2.75, 3.05) is 13.2 Å². The molecule has 6 heteroatoms. The van der Waals surface area contributed by atoms with Gasteiger partial charge < -0.3 is 19.4 Å². The van der Waals surface area contributed by atoms with Crippen LogP contribution in [0.1, 0.15) is 47.5 Å². The number of rotatable bonds is 5. The number of hydrogen-bond acceptors (Lipinski definition) is 6. The van der Waals surface area contributed by atoms with Gasteiger partial charge in [0.05, 0.1) is 17.9 Å². The molecule has 1 aromatic carbocycles. The van der Waals surface area contributed by atoms with Crippen molar-refractivity contribution in [3.05, 3.63) is 59.1 Å². The first-order chi connectivity index (χ1) is 12.9. The fourth-order valence-electron chi connectivity index (χ4n) is 3.63. The highest BCUT2D eigenvalue weighted by atomic mass is 16.5. The molecule has 140 valence electrons. The maximum absolute atomic E-state index is 13.1. The topological polar surface area (TPSA) is 92.8 Å². The van der Waals surface area contributed by atoms with Crippen LogP contribution in [-0.2, 0) is 5.41 Å². The minimum absolute atomic E-state index is 0.0730. The Morgan fingerprint density at radius 1 is 1.30 bits per heavy atom. The Kier molecular flexibility index (Phi) is 4.25. The van der Waals surface area contributed by atoms with Gasteiger partial charge in [0.15, 0.2) is 11.4 Å². The van der Waals surface area contributed by atoms with E-state index in [-0.39, 0.29) is 25.4 Å². The molecule has 1 unspecified atom stereocenters. The molecule has 1 atom stereocenters. The number of carbonyl (C=O) groups is 1. The van der Waals surface area contributed by atoms with E-state index in [0.29, 0.717) is 28.2 Å². The second kappa shape index (κ2) is 6.48. The third-order valence-corrected chi connectivity index (χ3v) is 5.10. The molecule has 0 spiro atoms. The van der Waals surface area contributed by atoms with Gasteiger partial charge in [-0.25, -0.2) is 0 Å². The number of hydrogen-bond donors (Lipinski definition) is 2. The van der Waals surface area contributed by atoms with Crippen LogP contribution in [0.4, 0.5) is 0 Å². The number of carbonyl (C=O) groups excluding carboxylic acids is 1. The molecule has 3 aromatic rings. The second-order valence-electron chi connectivity index (χ2n) is 7.32. The highest BCUT2D eigenvalue weighted by molar-refractivity contribution is 6.19. The van der Waals surface area contributed by atoms with Crippen molar-refractivity contribution in [2.24, 2.45) is 0 Å². The lowest BCUT2D eigenvalue weighted by Gasteiger charge is -2.31. The molecule has 2 aromatic heterocycles. The molecular weight excluding hydrogens is 346 g/mol. The van der Waals surface area contributed by atoms with E-state index in [1.54, 1.807) is 30.6 Å². The monoisotopic (exact) mass is 367 g/mol. The zero-order valence-electron chi connectivity index (χ0n) is 15.2. The van der Waals surface area contributed by atoms with Gasteiger partial charge in [-0.15, -0.1) is 0 Å². The summed E-state index contributed by atoms with van der Waals surface area (Å²) < 4.78 is 11.7. The van der Waals surface area contributed by atoms with Crippen molar-refractivity contribution < 1.29 is 24.2 Å². The summed E-state index contributed by atoms with van der Waals surface area (Å²) >= 11 is 0. The molecule has 6 nitrogen and oxygen atoms in total. The Morgan fingerprint density at radius 3 is 2.89 bits per heavy atom. The number of ketones is 1. The molecule has 2 heterocycles. The van der Waals surface area contributed by atoms with Crippen LogP contribution >= 0.6 is 0 Å². The minimum atomic E-state index is -0.741. The number of aliphatic hydroxyl groups is 2. The summed E-state index contributed by atoms with van der Waals surface area (Å²) in [7, 11) is 0. The molecular formula is C21H21NO5. The predicted octanol–water partition coefficient (Wildman–Crippen LogP) is 2.82. The molecule has 1 aliphatic carbocycles. The molecule has 1 aliphatic rings. The van der Waals surface area contributed by atoms with Gasteiger partial charge >= 0.3 is 0 Å². The molecule has 0 radical (unpaired) electrons. The number of pyridine rings is 1. The molecule has 0 saturated heterocycles. The first-order valence-electron chi connectivity index (χ1n) is 8.91. The number of nitrogens with zero attached hydrogens (tertiary/aromatic N) is 1. The largest absolute Gasteiger partial charge is 0.491 e. The van der Waals surface area contributed by atoms with Crippen LogP contribution in [0.25, 0.3) is 11.0 Å². The quantitative estimate of drug-likeness (QED) is 0.720. The third kappa shape index (κ3) is 2.81. The Bertz CT molecular complexity index is 1020. The minimum Gasteiger partial charge on any atom is -0.491 e. The molecule has 2 N–H and O–H groups in total. The predicted molar refractivity (Wildman–Crippen MR) is 99.2 cm³/mol. The first kappa shape index (κ1) is 17.7. The van der Waals surface area contributed by atoms with Crippen molar-refractivity contribution in [1.29, 1.82) is 0 Å². The van der Waals surface area contributed by atoms with Crippen LogP contribution in [0.2, 0.25) is 0 Å². The Hall–Kier alpha value is -2.70. The number of fused-ring (bicyclic) bond motifs is 4. The lowest BCUT2D eigenvalue weighted by molar-refractivity contribution is 0.0820. The van der Waals surface area contributed by atoms with E-state index in [1.165, 1.54) is 0 Å². The van der Waals surface area contributed by atoms with Crippen LogP contribution < -0.4 is 4.74 Å². The fraction of sp³-hybridized carbons (Fsp3) is 0.333. The van der Waals surface area contributed by atoms with Crippen LogP contribution in [-0.4, -0.2) is 40.3 Å². The number of aliphatic hydroxyl groups excluding tert-OH is 2. The Balaban J connectivity index is 1.75. The molecule has 0 saturated carbocycles. The summed E-state index contributed by atoms with van der Waals surface area (Å²) in [6, 6.07) is 7.12. The highest BCUT2D eigenvalue weighted by Crippen LogP contribution is 2.45. The van der Waals surface area contributed by atoms with Gasteiger partial charge in [-0.3, -0.25) is 9.78 Å². The zero-order chi connectivity index (χ0) is 19.2. The van der Waals surface area contributed by atoms with Crippen LogP contribution in [0.5, 0.6) is 5.75 Å². The van der Waals surface area contributed by atoms with Gasteiger partial charge in [-0.2, -0.15) is 0 Å². The Labute approximate surface area is 156 Å². The summed E-state index contributed by atoms with van der Waals surface area (Å²) in [5.41, 5.74) is 2.11. The third-order valence-electron chi connectivity index (χ3n) is 5.10. The average Bonchev–Trinajstić information content (AvgIpc) is 3.06. The summed E-state index contributed by atoms with van der Waals surface area (Å²) in [6.07, 6.45) is 2.79. The number of benzene rings is 1. The van der Waals surface area contributed by atoms with Gasteiger partial charge in [0, 0.05) is 29.2 Å². The van der Waals surface area contributed by atoms with Crippen molar-refractivity contribution >= 4 is 16.8 Å². The van der Waals surface area contributed by atoms with Gasteiger partial charge in [0.1, 0.15) is 18.1 Å². The van der Waals surface area contributed by atoms with Gasteiger partial charge in [-0.05, 0) is 50.1 Å². The first-order valence-corrected chi connectivity index (χ1v) is 8.91. The summed E-state index contributed by atoms with van der Waals surface area (Å²) in [4.78, 5) is 17.2. The summed E-state index contributed by atoms with van der Waals surface area (Å²) in [5.74, 6) is 1.12. The van der Waals surface area contributed by atoms with Crippen LogP contribution in [0.3, 0.4) is 0 Å². The molecule has 4 rings (SSSR count). The smallest absolute Gasteiger partial charge is 0.197 e. The standard InChI is InChI=1S/C21H21NO5/c1-21(2)16-9-13(26-11-12(24)6-8-23)3-4-14(16)19(25)18-15-5-7-22-10-17(15)27-20(18)21/h3-5,7,9-10,12,23-24H,6,8,11H2,1-2H3. The SMILES string of the molecule is CC1(C)c2cc(OCC(O)CCO)ccc2C(=O)c2c1oc1cnccc21. The lowest BCUT2D eigenvalue weighted by Crippen LogP contribution is -2.29.